The first-order valence-corrected chi connectivity index (χ1v) is 7.01. The number of nitrogens with zero attached hydrogens (tertiary/aromatic N) is 2. The van der Waals surface area contributed by atoms with Crippen molar-refractivity contribution in [2.75, 3.05) is 0 Å². The molecule has 3 aromatic rings. The van der Waals surface area contributed by atoms with Crippen molar-refractivity contribution in [1.82, 2.24) is 10.2 Å². The molecule has 0 spiro atoms. The zero-order valence-corrected chi connectivity index (χ0v) is 11.5. The molecule has 0 unspecified atom stereocenters. The zero-order chi connectivity index (χ0) is 14.7. The molecular weight excluding hydrogens is 292 g/mol. The van der Waals surface area contributed by atoms with Crippen LogP contribution in [0.15, 0.2) is 56.7 Å². The van der Waals surface area contributed by atoms with E-state index in [1.807, 2.05) is 6.07 Å². The summed E-state index contributed by atoms with van der Waals surface area (Å²) < 4.78 is 10.6. The number of carboxylic acid groups (broad SMARTS) is 1. The molecule has 0 fully saturated rings. The molecule has 3 rings (SSSR count). The molecule has 7 heteroatoms. The number of furan rings is 1. The minimum atomic E-state index is -1.19. The lowest BCUT2D eigenvalue weighted by atomic mass is 10.1. The van der Waals surface area contributed by atoms with E-state index in [-0.39, 0.29) is 5.56 Å². The van der Waals surface area contributed by atoms with Crippen LogP contribution in [0, 0.1) is 0 Å². The third kappa shape index (κ3) is 3.14. The van der Waals surface area contributed by atoms with Gasteiger partial charge in [0.2, 0.25) is 0 Å². The SMILES string of the molecule is O=C([O-])c1cccc(CSc2nnc(-c3ccco3)o2)c1. The number of hydrogen-bond acceptors (Lipinski definition) is 7. The van der Waals surface area contributed by atoms with Gasteiger partial charge in [-0.2, -0.15) is 0 Å². The second-order valence-corrected chi connectivity index (χ2v) is 5.05. The van der Waals surface area contributed by atoms with E-state index < -0.39 is 5.97 Å². The molecule has 21 heavy (non-hydrogen) atoms. The molecule has 0 amide bonds. The number of thioether (sulfide) groups is 1. The molecular formula is C14H9N2O4S-. The molecule has 0 atom stereocenters. The van der Waals surface area contributed by atoms with Crippen molar-refractivity contribution in [2.45, 2.75) is 11.0 Å². The van der Waals surface area contributed by atoms with E-state index in [9.17, 15) is 9.90 Å². The number of carboxylic acids is 1. The van der Waals surface area contributed by atoms with Crippen LogP contribution in [0.3, 0.4) is 0 Å². The van der Waals surface area contributed by atoms with Crippen LogP contribution in [0.25, 0.3) is 11.7 Å². The van der Waals surface area contributed by atoms with E-state index in [1.54, 1.807) is 24.3 Å². The van der Waals surface area contributed by atoms with Gasteiger partial charge in [-0.05, 0) is 29.3 Å². The Labute approximate surface area is 123 Å². The second kappa shape index (κ2) is 5.84. The lowest BCUT2D eigenvalue weighted by Crippen LogP contribution is -2.22. The largest absolute Gasteiger partial charge is 0.545 e. The van der Waals surface area contributed by atoms with Crippen LogP contribution < -0.4 is 5.11 Å². The second-order valence-electron chi connectivity index (χ2n) is 4.13. The fourth-order valence-electron chi connectivity index (χ4n) is 1.70. The first kappa shape index (κ1) is 13.4. The van der Waals surface area contributed by atoms with Gasteiger partial charge in [0.15, 0.2) is 5.76 Å². The Morgan fingerprint density at radius 3 is 2.90 bits per heavy atom. The molecule has 0 saturated carbocycles. The summed E-state index contributed by atoms with van der Waals surface area (Å²) in [5.41, 5.74) is 0.981. The van der Waals surface area contributed by atoms with Crippen LogP contribution in [0.1, 0.15) is 15.9 Å². The maximum absolute atomic E-state index is 10.8. The van der Waals surface area contributed by atoms with Crippen LogP contribution in [0.4, 0.5) is 0 Å². The summed E-state index contributed by atoms with van der Waals surface area (Å²) >= 11 is 1.32. The predicted octanol–water partition coefficient (Wildman–Crippen LogP) is 1.99. The molecule has 0 aliphatic heterocycles. The molecule has 0 N–H and O–H groups in total. The van der Waals surface area contributed by atoms with Crippen LogP contribution in [-0.2, 0) is 5.75 Å². The van der Waals surface area contributed by atoms with Crippen molar-refractivity contribution in [1.29, 1.82) is 0 Å². The van der Waals surface area contributed by atoms with Gasteiger partial charge in [0.05, 0.1) is 12.2 Å². The van der Waals surface area contributed by atoms with Gasteiger partial charge in [-0.15, -0.1) is 10.2 Å². The molecule has 0 aliphatic carbocycles. The Hall–Kier alpha value is -2.54. The molecule has 0 saturated heterocycles. The van der Waals surface area contributed by atoms with Gasteiger partial charge < -0.3 is 18.7 Å². The molecule has 0 radical (unpaired) electrons. The van der Waals surface area contributed by atoms with Crippen molar-refractivity contribution in [2.24, 2.45) is 0 Å². The highest BCUT2D eigenvalue weighted by atomic mass is 32.2. The molecule has 1 aromatic carbocycles. The van der Waals surface area contributed by atoms with Crippen LogP contribution >= 0.6 is 11.8 Å². The number of aromatic carboxylic acids is 1. The summed E-state index contributed by atoms with van der Waals surface area (Å²) in [7, 11) is 0. The Morgan fingerprint density at radius 1 is 1.24 bits per heavy atom. The quantitative estimate of drug-likeness (QED) is 0.665. The van der Waals surface area contributed by atoms with Gasteiger partial charge in [0.1, 0.15) is 0 Å². The van der Waals surface area contributed by atoms with Crippen molar-refractivity contribution < 1.29 is 18.7 Å². The van der Waals surface area contributed by atoms with Crippen molar-refractivity contribution in [3.05, 3.63) is 53.8 Å². The summed E-state index contributed by atoms with van der Waals surface area (Å²) in [6.45, 7) is 0. The number of carbonyl (C=O) groups excluding carboxylic acids is 1. The van der Waals surface area contributed by atoms with E-state index in [2.05, 4.69) is 10.2 Å². The highest BCUT2D eigenvalue weighted by Gasteiger charge is 2.11. The minimum absolute atomic E-state index is 0.148. The Balaban J connectivity index is 1.68. The lowest BCUT2D eigenvalue weighted by Gasteiger charge is -2.04. The van der Waals surface area contributed by atoms with Gasteiger partial charge in [-0.3, -0.25) is 0 Å². The molecule has 2 heterocycles. The highest BCUT2D eigenvalue weighted by molar-refractivity contribution is 7.98. The van der Waals surface area contributed by atoms with E-state index >= 15 is 0 Å². The average Bonchev–Trinajstić information content (AvgIpc) is 3.16. The first-order valence-electron chi connectivity index (χ1n) is 6.03. The number of rotatable bonds is 5. The van der Waals surface area contributed by atoms with Gasteiger partial charge in [-0.25, -0.2) is 0 Å². The fraction of sp³-hybridized carbons (Fsp3) is 0.0714. The summed E-state index contributed by atoms with van der Waals surface area (Å²) in [6, 6.07) is 10.0. The minimum Gasteiger partial charge on any atom is -0.545 e. The van der Waals surface area contributed by atoms with Gasteiger partial charge >= 0.3 is 0 Å². The van der Waals surface area contributed by atoms with Gasteiger partial charge in [-0.1, -0.05) is 30.0 Å². The molecule has 2 aromatic heterocycles. The van der Waals surface area contributed by atoms with Gasteiger partial charge in [0.25, 0.3) is 11.1 Å². The van der Waals surface area contributed by atoms with E-state index in [1.165, 1.54) is 24.1 Å². The highest BCUT2D eigenvalue weighted by Crippen LogP contribution is 2.26. The summed E-state index contributed by atoms with van der Waals surface area (Å²) in [6.07, 6.45) is 1.53. The molecule has 6 nitrogen and oxygen atoms in total. The van der Waals surface area contributed by atoms with Crippen LogP contribution in [0.5, 0.6) is 0 Å². The molecule has 0 aliphatic rings. The predicted molar refractivity (Wildman–Crippen MR) is 72.3 cm³/mol. The number of carbonyl (C=O) groups is 1. The topological polar surface area (TPSA) is 92.2 Å². The lowest BCUT2D eigenvalue weighted by molar-refractivity contribution is -0.255. The molecule has 0 bridgehead atoms. The van der Waals surface area contributed by atoms with E-state index in [0.717, 1.165) is 5.56 Å². The first-order chi connectivity index (χ1) is 10.2. The number of hydrogen-bond donors (Lipinski definition) is 0. The summed E-state index contributed by atoms with van der Waals surface area (Å²) in [5, 5.41) is 19.0. The average molecular weight is 301 g/mol. The summed E-state index contributed by atoms with van der Waals surface area (Å²) in [4.78, 5) is 10.8. The maximum Gasteiger partial charge on any atom is 0.284 e. The Kier molecular flexibility index (Phi) is 3.74. The Bertz CT molecular complexity index is 752. The van der Waals surface area contributed by atoms with Crippen molar-refractivity contribution in [3.63, 3.8) is 0 Å². The fourth-order valence-corrected chi connectivity index (χ4v) is 2.41. The van der Waals surface area contributed by atoms with Crippen molar-refractivity contribution >= 4 is 17.7 Å². The number of aromatic nitrogens is 2. The van der Waals surface area contributed by atoms with E-state index in [4.69, 9.17) is 8.83 Å². The third-order valence-corrected chi connectivity index (χ3v) is 3.55. The zero-order valence-electron chi connectivity index (χ0n) is 10.7. The van der Waals surface area contributed by atoms with Gasteiger partial charge in [0, 0.05) is 5.75 Å². The van der Waals surface area contributed by atoms with Crippen LogP contribution in [0.2, 0.25) is 0 Å². The maximum atomic E-state index is 10.8. The number of benzene rings is 1. The smallest absolute Gasteiger partial charge is 0.284 e. The normalized spacial score (nSPS) is 10.7. The Morgan fingerprint density at radius 2 is 2.14 bits per heavy atom. The third-order valence-electron chi connectivity index (χ3n) is 2.66. The van der Waals surface area contributed by atoms with Crippen molar-refractivity contribution in [3.8, 4) is 11.7 Å². The van der Waals surface area contributed by atoms with E-state index in [0.29, 0.717) is 22.6 Å². The standard InChI is InChI=1S/C14H10N2O4S/c17-13(18)10-4-1-3-9(7-10)8-21-14-16-15-12(20-14)11-5-2-6-19-11/h1-7H,8H2,(H,17,18)/p-1. The molecule has 106 valence electrons. The van der Waals surface area contributed by atoms with Crippen LogP contribution in [-0.4, -0.2) is 16.2 Å². The monoisotopic (exact) mass is 301 g/mol. The summed E-state index contributed by atoms with van der Waals surface area (Å²) in [5.74, 6) is 0.139.